The number of halogens is 1. The molecule has 1 aromatic rings. The summed E-state index contributed by atoms with van der Waals surface area (Å²) in [6.45, 7) is 1.84. The molecule has 15 heavy (non-hydrogen) atoms. The molecule has 2 atom stereocenters. The zero-order chi connectivity index (χ0) is 9.80. The van der Waals surface area contributed by atoms with Gasteiger partial charge < -0.3 is 5.32 Å². The lowest BCUT2D eigenvalue weighted by Gasteiger charge is -2.20. The third-order valence-corrected chi connectivity index (χ3v) is 3.86. The second-order valence-corrected chi connectivity index (χ2v) is 4.92. The van der Waals surface area contributed by atoms with Crippen molar-refractivity contribution in [3.8, 4) is 0 Å². The number of nitrogens with one attached hydrogen (secondary N) is 1. The second kappa shape index (κ2) is 6.15. The van der Waals surface area contributed by atoms with E-state index < -0.39 is 10.8 Å². The predicted molar refractivity (Wildman–Crippen MR) is 61.6 cm³/mol. The van der Waals surface area contributed by atoms with E-state index in [1.54, 1.807) is 18.5 Å². The highest BCUT2D eigenvalue weighted by Gasteiger charge is 2.22. The van der Waals surface area contributed by atoms with Gasteiger partial charge in [0.05, 0.1) is 16.0 Å². The zero-order valence-electron chi connectivity index (χ0n) is 8.26. The number of aromatic nitrogens is 2. The van der Waals surface area contributed by atoms with Crippen molar-refractivity contribution >= 4 is 23.2 Å². The maximum Gasteiger partial charge on any atom is 0.218 e. The summed E-state index contributed by atoms with van der Waals surface area (Å²) in [5.41, 5.74) is 0. The third kappa shape index (κ3) is 3.22. The third-order valence-electron chi connectivity index (χ3n) is 2.28. The van der Waals surface area contributed by atoms with Crippen LogP contribution in [0, 0.1) is 0 Å². The van der Waals surface area contributed by atoms with Crippen molar-refractivity contribution in [2.75, 3.05) is 13.1 Å². The van der Waals surface area contributed by atoms with Gasteiger partial charge in [-0.2, -0.15) is 0 Å². The van der Waals surface area contributed by atoms with E-state index in [4.69, 9.17) is 0 Å². The molecule has 0 spiro atoms. The van der Waals surface area contributed by atoms with Gasteiger partial charge in [-0.05, 0) is 25.5 Å². The Morgan fingerprint density at radius 3 is 2.73 bits per heavy atom. The van der Waals surface area contributed by atoms with Gasteiger partial charge in [0.25, 0.3) is 0 Å². The van der Waals surface area contributed by atoms with Crippen LogP contribution in [0.5, 0.6) is 0 Å². The SMILES string of the molecule is Cl.O=S(c1ncccn1)C1CCCNC1. The maximum atomic E-state index is 11.9. The Morgan fingerprint density at radius 1 is 1.40 bits per heavy atom. The van der Waals surface area contributed by atoms with Crippen molar-refractivity contribution in [1.82, 2.24) is 15.3 Å². The van der Waals surface area contributed by atoms with Crippen molar-refractivity contribution in [2.24, 2.45) is 0 Å². The van der Waals surface area contributed by atoms with Crippen molar-refractivity contribution in [2.45, 2.75) is 23.2 Å². The monoisotopic (exact) mass is 247 g/mol. The van der Waals surface area contributed by atoms with Crippen molar-refractivity contribution in [3.05, 3.63) is 18.5 Å². The maximum absolute atomic E-state index is 11.9. The fourth-order valence-corrected chi connectivity index (χ4v) is 2.82. The van der Waals surface area contributed by atoms with Crippen LogP contribution in [-0.4, -0.2) is 32.5 Å². The van der Waals surface area contributed by atoms with Gasteiger partial charge in [0.2, 0.25) is 5.16 Å². The van der Waals surface area contributed by atoms with Gasteiger partial charge in [-0.1, -0.05) is 0 Å². The van der Waals surface area contributed by atoms with E-state index in [2.05, 4.69) is 15.3 Å². The van der Waals surface area contributed by atoms with Crippen LogP contribution in [-0.2, 0) is 10.8 Å². The fraction of sp³-hybridized carbons (Fsp3) is 0.556. The van der Waals surface area contributed by atoms with Gasteiger partial charge in [0.15, 0.2) is 0 Å². The average Bonchev–Trinajstić information content (AvgIpc) is 2.30. The van der Waals surface area contributed by atoms with Gasteiger partial charge in [-0.3, -0.25) is 4.21 Å². The molecule has 2 rings (SSSR count). The summed E-state index contributed by atoms with van der Waals surface area (Å²) in [6, 6.07) is 1.74. The molecule has 1 aliphatic rings. The van der Waals surface area contributed by atoms with E-state index in [9.17, 15) is 4.21 Å². The first-order chi connectivity index (χ1) is 6.88. The van der Waals surface area contributed by atoms with Crippen LogP contribution in [0.1, 0.15) is 12.8 Å². The Balaban J connectivity index is 0.00000112. The lowest BCUT2D eigenvalue weighted by atomic mass is 10.2. The Hall–Kier alpha value is -0.520. The van der Waals surface area contributed by atoms with Crippen LogP contribution in [0.25, 0.3) is 0 Å². The highest BCUT2D eigenvalue weighted by molar-refractivity contribution is 7.85. The first-order valence-corrected chi connectivity index (χ1v) is 5.97. The van der Waals surface area contributed by atoms with E-state index in [-0.39, 0.29) is 17.7 Å². The topological polar surface area (TPSA) is 54.9 Å². The molecule has 1 fully saturated rings. The Labute approximate surface area is 97.8 Å². The van der Waals surface area contributed by atoms with Crippen LogP contribution in [0.3, 0.4) is 0 Å². The average molecular weight is 248 g/mol. The fourth-order valence-electron chi connectivity index (χ4n) is 1.54. The first-order valence-electron chi connectivity index (χ1n) is 4.76. The smallest absolute Gasteiger partial charge is 0.218 e. The van der Waals surface area contributed by atoms with Crippen LogP contribution in [0.2, 0.25) is 0 Å². The van der Waals surface area contributed by atoms with Crippen LogP contribution < -0.4 is 5.32 Å². The van der Waals surface area contributed by atoms with E-state index in [1.807, 2.05) is 0 Å². The molecule has 0 aromatic carbocycles. The van der Waals surface area contributed by atoms with Gasteiger partial charge in [-0.15, -0.1) is 12.4 Å². The molecule has 2 unspecified atom stereocenters. The number of rotatable bonds is 2. The van der Waals surface area contributed by atoms with Crippen LogP contribution in [0.4, 0.5) is 0 Å². The van der Waals surface area contributed by atoms with Gasteiger partial charge in [0.1, 0.15) is 0 Å². The minimum atomic E-state index is -1.05. The van der Waals surface area contributed by atoms with E-state index in [0.29, 0.717) is 5.16 Å². The van der Waals surface area contributed by atoms with Gasteiger partial charge in [-0.25, -0.2) is 9.97 Å². The molecule has 1 saturated heterocycles. The molecule has 1 aliphatic heterocycles. The quantitative estimate of drug-likeness (QED) is 0.784. The van der Waals surface area contributed by atoms with Crippen LogP contribution in [0.15, 0.2) is 23.6 Å². The van der Waals surface area contributed by atoms with Crippen molar-refractivity contribution in [1.29, 1.82) is 0 Å². The number of piperidine rings is 1. The van der Waals surface area contributed by atoms with E-state index >= 15 is 0 Å². The Bertz CT molecular complexity index is 316. The molecule has 0 saturated carbocycles. The predicted octanol–water partition coefficient (Wildman–Crippen LogP) is 0.758. The lowest BCUT2D eigenvalue weighted by molar-refractivity contribution is 0.518. The molecular formula is C9H14ClN3OS. The van der Waals surface area contributed by atoms with Crippen molar-refractivity contribution in [3.63, 3.8) is 0 Å². The molecule has 84 valence electrons. The highest BCUT2D eigenvalue weighted by Crippen LogP contribution is 2.12. The van der Waals surface area contributed by atoms with E-state index in [1.165, 1.54) is 0 Å². The zero-order valence-corrected chi connectivity index (χ0v) is 9.89. The van der Waals surface area contributed by atoms with E-state index in [0.717, 1.165) is 25.9 Å². The summed E-state index contributed by atoms with van der Waals surface area (Å²) in [6.07, 6.45) is 5.36. The normalized spacial score (nSPS) is 22.8. The molecule has 0 amide bonds. The molecule has 1 aromatic heterocycles. The molecule has 0 aliphatic carbocycles. The highest BCUT2D eigenvalue weighted by atomic mass is 35.5. The molecule has 4 nitrogen and oxygen atoms in total. The number of nitrogens with zero attached hydrogens (tertiary/aromatic N) is 2. The molecule has 2 heterocycles. The first kappa shape index (κ1) is 12.5. The van der Waals surface area contributed by atoms with Gasteiger partial charge in [0, 0.05) is 18.9 Å². The lowest BCUT2D eigenvalue weighted by Crippen LogP contribution is -2.36. The summed E-state index contributed by atoms with van der Waals surface area (Å²) in [5.74, 6) is 0. The van der Waals surface area contributed by atoms with Crippen molar-refractivity contribution < 1.29 is 4.21 Å². The second-order valence-electron chi connectivity index (χ2n) is 3.30. The summed E-state index contributed by atoms with van der Waals surface area (Å²) in [7, 11) is -1.05. The molecule has 1 N–H and O–H groups in total. The molecule has 6 heteroatoms. The minimum absolute atomic E-state index is 0. The number of hydrogen-bond donors (Lipinski definition) is 1. The van der Waals surface area contributed by atoms with Gasteiger partial charge >= 0.3 is 0 Å². The molecule has 0 radical (unpaired) electrons. The molecule has 0 bridgehead atoms. The van der Waals surface area contributed by atoms with Crippen LogP contribution >= 0.6 is 12.4 Å². The summed E-state index contributed by atoms with van der Waals surface area (Å²) in [4.78, 5) is 8.03. The number of hydrogen-bond acceptors (Lipinski definition) is 4. The standard InChI is InChI=1S/C9H13N3OS.ClH/c13-14(8-3-1-4-10-7-8)9-11-5-2-6-12-9;/h2,5-6,8,10H,1,3-4,7H2;1H. The summed E-state index contributed by atoms with van der Waals surface area (Å²) in [5, 5.41) is 3.87. The largest absolute Gasteiger partial charge is 0.316 e. The summed E-state index contributed by atoms with van der Waals surface area (Å²) >= 11 is 0. The molecular weight excluding hydrogens is 234 g/mol. The summed E-state index contributed by atoms with van der Waals surface area (Å²) < 4.78 is 11.9. The Kier molecular flexibility index (Phi) is 5.14. The Morgan fingerprint density at radius 2 is 2.13 bits per heavy atom. The minimum Gasteiger partial charge on any atom is -0.316 e.